The van der Waals surface area contributed by atoms with E-state index in [2.05, 4.69) is 13.8 Å². The smallest absolute Gasteiger partial charge is 0.133 e. The van der Waals surface area contributed by atoms with E-state index in [4.69, 9.17) is 16.3 Å². The van der Waals surface area contributed by atoms with E-state index >= 15 is 0 Å². The summed E-state index contributed by atoms with van der Waals surface area (Å²) < 4.78 is 4.93. The fraction of sp³-hybridized carbons (Fsp3) is 1.00. The summed E-state index contributed by atoms with van der Waals surface area (Å²) in [7, 11) is 1.64. The Morgan fingerprint density at radius 1 is 1.56 bits per heavy atom. The number of rotatable bonds is 4. The first kappa shape index (κ1) is 9.25. The standard InChI is InChI=1S/C7H15ClO/c1-4-5-6(2)7(8)9-3/h6-7H,4-5H2,1-3H3. The summed E-state index contributed by atoms with van der Waals surface area (Å²) in [6.45, 7) is 4.25. The van der Waals surface area contributed by atoms with Gasteiger partial charge in [-0.1, -0.05) is 31.9 Å². The Hall–Kier alpha value is 0.250. The van der Waals surface area contributed by atoms with Gasteiger partial charge >= 0.3 is 0 Å². The third kappa shape index (κ3) is 3.77. The number of methoxy groups -OCH3 is 1. The number of halogens is 1. The van der Waals surface area contributed by atoms with Crippen molar-refractivity contribution in [2.75, 3.05) is 7.11 Å². The number of ether oxygens (including phenoxy) is 1. The van der Waals surface area contributed by atoms with E-state index in [-0.39, 0.29) is 5.56 Å². The average molecular weight is 151 g/mol. The van der Waals surface area contributed by atoms with Gasteiger partial charge in [-0.05, 0) is 12.3 Å². The van der Waals surface area contributed by atoms with Crippen LogP contribution >= 0.6 is 11.6 Å². The molecule has 0 aliphatic carbocycles. The van der Waals surface area contributed by atoms with Crippen LogP contribution in [-0.2, 0) is 4.74 Å². The average Bonchev–Trinajstić information content (AvgIpc) is 1.87. The second-order valence-corrected chi connectivity index (χ2v) is 2.78. The van der Waals surface area contributed by atoms with Gasteiger partial charge in [0.25, 0.3) is 0 Å². The van der Waals surface area contributed by atoms with Gasteiger partial charge in [0.1, 0.15) is 5.56 Å². The Kier molecular flexibility index (Phi) is 5.21. The van der Waals surface area contributed by atoms with Gasteiger partial charge in [0.05, 0.1) is 0 Å². The zero-order valence-corrected chi connectivity index (χ0v) is 7.11. The van der Waals surface area contributed by atoms with Crippen LogP contribution in [0.3, 0.4) is 0 Å². The molecule has 0 aromatic heterocycles. The predicted molar refractivity (Wildman–Crippen MR) is 40.7 cm³/mol. The maximum atomic E-state index is 5.77. The quantitative estimate of drug-likeness (QED) is 0.560. The minimum Gasteiger partial charge on any atom is -0.365 e. The molecule has 0 aliphatic rings. The van der Waals surface area contributed by atoms with Gasteiger partial charge < -0.3 is 4.74 Å². The summed E-state index contributed by atoms with van der Waals surface area (Å²) in [6.07, 6.45) is 2.32. The molecule has 0 aromatic carbocycles. The lowest BCUT2D eigenvalue weighted by Gasteiger charge is -2.14. The second-order valence-electron chi connectivity index (χ2n) is 2.35. The van der Waals surface area contributed by atoms with Crippen LogP contribution in [0.4, 0.5) is 0 Å². The lowest BCUT2D eigenvalue weighted by molar-refractivity contribution is 0.119. The molecule has 2 unspecified atom stereocenters. The lowest BCUT2D eigenvalue weighted by atomic mass is 10.1. The highest BCUT2D eigenvalue weighted by atomic mass is 35.5. The third-order valence-electron chi connectivity index (χ3n) is 1.42. The molecule has 0 N–H and O–H groups in total. The highest BCUT2D eigenvalue weighted by molar-refractivity contribution is 6.19. The summed E-state index contributed by atoms with van der Waals surface area (Å²) >= 11 is 5.77. The summed E-state index contributed by atoms with van der Waals surface area (Å²) in [5, 5.41) is 0. The third-order valence-corrected chi connectivity index (χ3v) is 2.02. The zero-order valence-electron chi connectivity index (χ0n) is 6.36. The first-order chi connectivity index (χ1) is 4.22. The van der Waals surface area contributed by atoms with Crippen LogP contribution in [0.25, 0.3) is 0 Å². The van der Waals surface area contributed by atoms with Crippen molar-refractivity contribution in [3.63, 3.8) is 0 Å². The molecule has 9 heavy (non-hydrogen) atoms. The Morgan fingerprint density at radius 3 is 2.44 bits per heavy atom. The van der Waals surface area contributed by atoms with Crippen molar-refractivity contribution in [3.05, 3.63) is 0 Å². The van der Waals surface area contributed by atoms with E-state index in [0.717, 1.165) is 6.42 Å². The Labute approximate surface area is 62.3 Å². The molecular formula is C7H15ClO. The van der Waals surface area contributed by atoms with Crippen molar-refractivity contribution >= 4 is 11.6 Å². The second kappa shape index (κ2) is 5.07. The zero-order chi connectivity index (χ0) is 7.28. The molecule has 0 rings (SSSR count). The maximum Gasteiger partial charge on any atom is 0.133 e. The minimum absolute atomic E-state index is 0.107. The van der Waals surface area contributed by atoms with E-state index in [9.17, 15) is 0 Å². The molecule has 56 valence electrons. The number of alkyl halides is 1. The van der Waals surface area contributed by atoms with Crippen LogP contribution in [0.5, 0.6) is 0 Å². The molecule has 0 heterocycles. The van der Waals surface area contributed by atoms with E-state index < -0.39 is 0 Å². The van der Waals surface area contributed by atoms with Crippen LogP contribution in [0.1, 0.15) is 26.7 Å². The SMILES string of the molecule is CCCC(C)C(Cl)OC. The van der Waals surface area contributed by atoms with Gasteiger partial charge in [-0.2, -0.15) is 0 Å². The van der Waals surface area contributed by atoms with Crippen molar-refractivity contribution in [1.82, 2.24) is 0 Å². The van der Waals surface area contributed by atoms with E-state index in [0.29, 0.717) is 5.92 Å². The fourth-order valence-corrected chi connectivity index (χ4v) is 0.945. The Balaban J connectivity index is 3.32. The molecule has 0 bridgehead atoms. The van der Waals surface area contributed by atoms with Crippen molar-refractivity contribution in [2.24, 2.45) is 5.92 Å². The normalized spacial score (nSPS) is 17.3. The first-order valence-corrected chi connectivity index (χ1v) is 3.82. The first-order valence-electron chi connectivity index (χ1n) is 3.39. The molecule has 1 nitrogen and oxygen atoms in total. The predicted octanol–water partition coefficient (Wildman–Crippen LogP) is 2.63. The molecule has 0 amide bonds. The number of hydrogen-bond donors (Lipinski definition) is 0. The van der Waals surface area contributed by atoms with E-state index in [1.54, 1.807) is 7.11 Å². The molecule has 0 fully saturated rings. The summed E-state index contributed by atoms with van der Waals surface area (Å²) in [4.78, 5) is 0. The molecule has 0 saturated carbocycles. The van der Waals surface area contributed by atoms with Gasteiger partial charge in [0, 0.05) is 7.11 Å². The summed E-state index contributed by atoms with van der Waals surface area (Å²) in [5.74, 6) is 0.474. The van der Waals surface area contributed by atoms with Crippen LogP contribution in [0.15, 0.2) is 0 Å². The van der Waals surface area contributed by atoms with Crippen LogP contribution < -0.4 is 0 Å². The van der Waals surface area contributed by atoms with Gasteiger partial charge in [-0.25, -0.2) is 0 Å². The van der Waals surface area contributed by atoms with E-state index in [1.165, 1.54) is 6.42 Å². The summed E-state index contributed by atoms with van der Waals surface area (Å²) in [6, 6.07) is 0. The van der Waals surface area contributed by atoms with Gasteiger partial charge in [0.2, 0.25) is 0 Å². The highest BCUT2D eigenvalue weighted by Gasteiger charge is 2.10. The molecule has 0 aromatic rings. The monoisotopic (exact) mass is 150 g/mol. The van der Waals surface area contributed by atoms with Crippen LogP contribution in [-0.4, -0.2) is 12.7 Å². The summed E-state index contributed by atoms with van der Waals surface area (Å²) in [5.41, 5.74) is -0.107. The molecular weight excluding hydrogens is 136 g/mol. The molecule has 2 atom stereocenters. The van der Waals surface area contributed by atoms with Crippen molar-refractivity contribution < 1.29 is 4.74 Å². The maximum absolute atomic E-state index is 5.77. The largest absolute Gasteiger partial charge is 0.365 e. The molecule has 0 saturated heterocycles. The molecule has 2 heteroatoms. The van der Waals surface area contributed by atoms with Crippen molar-refractivity contribution in [3.8, 4) is 0 Å². The Morgan fingerprint density at radius 2 is 2.11 bits per heavy atom. The molecule has 0 aliphatic heterocycles. The van der Waals surface area contributed by atoms with Crippen LogP contribution in [0, 0.1) is 5.92 Å². The Bertz CT molecular complexity index is 65.9. The van der Waals surface area contributed by atoms with Gasteiger partial charge in [-0.15, -0.1) is 0 Å². The van der Waals surface area contributed by atoms with Crippen LogP contribution in [0.2, 0.25) is 0 Å². The van der Waals surface area contributed by atoms with Gasteiger partial charge in [-0.3, -0.25) is 0 Å². The highest BCUT2D eigenvalue weighted by Crippen LogP contribution is 2.15. The fourth-order valence-electron chi connectivity index (χ4n) is 0.819. The lowest BCUT2D eigenvalue weighted by Crippen LogP contribution is -2.12. The minimum atomic E-state index is -0.107. The molecule has 0 spiro atoms. The van der Waals surface area contributed by atoms with Crippen molar-refractivity contribution in [1.29, 1.82) is 0 Å². The van der Waals surface area contributed by atoms with Gasteiger partial charge in [0.15, 0.2) is 0 Å². The van der Waals surface area contributed by atoms with E-state index in [1.807, 2.05) is 0 Å². The number of hydrogen-bond acceptors (Lipinski definition) is 1. The topological polar surface area (TPSA) is 9.23 Å². The molecule has 0 radical (unpaired) electrons. The van der Waals surface area contributed by atoms with Crippen molar-refractivity contribution in [2.45, 2.75) is 32.3 Å².